The van der Waals surface area contributed by atoms with Gasteiger partial charge in [-0.2, -0.15) is 5.26 Å². The Balaban J connectivity index is 1.70. The van der Waals surface area contributed by atoms with Gasteiger partial charge in [0.15, 0.2) is 5.82 Å². The van der Waals surface area contributed by atoms with Gasteiger partial charge in [0.05, 0.1) is 12.8 Å². The van der Waals surface area contributed by atoms with Gasteiger partial charge in [0, 0.05) is 43.7 Å². The monoisotopic (exact) mass is 477 g/mol. The Morgan fingerprint density at radius 2 is 2.09 bits per heavy atom. The minimum absolute atomic E-state index is 0.123. The number of methoxy groups -OCH3 is 1. The summed E-state index contributed by atoms with van der Waals surface area (Å²) in [6.45, 7) is 7.37. The van der Waals surface area contributed by atoms with Gasteiger partial charge in [0.1, 0.15) is 11.8 Å². The molecule has 1 aliphatic carbocycles. The molecule has 0 atom stereocenters. The third-order valence-corrected chi connectivity index (χ3v) is 7.17. The van der Waals surface area contributed by atoms with Gasteiger partial charge in [-0.3, -0.25) is 4.79 Å². The van der Waals surface area contributed by atoms with Crippen molar-refractivity contribution in [3.05, 3.63) is 53.1 Å². The smallest absolute Gasteiger partial charge is 0.291 e. The van der Waals surface area contributed by atoms with Crippen LogP contribution in [0.2, 0.25) is 0 Å². The fraction of sp³-hybridized carbons (Fsp3) is 0.519. The molecule has 3 N–H and O–H groups in total. The average molecular weight is 478 g/mol. The van der Waals surface area contributed by atoms with E-state index in [2.05, 4.69) is 52.7 Å². The molecule has 2 aromatic rings. The molecule has 0 spiro atoms. The maximum Gasteiger partial charge on any atom is 0.291 e. The number of allylic oxidation sites excluding steroid dienone is 2. The van der Waals surface area contributed by atoms with E-state index in [4.69, 9.17) is 14.7 Å². The predicted octanol–water partition coefficient (Wildman–Crippen LogP) is 4.37. The number of imidazole rings is 1. The number of aromatic nitrogens is 2. The number of hydrogen-bond acceptors (Lipinski definition) is 6. The van der Waals surface area contributed by atoms with Crippen LogP contribution in [0.5, 0.6) is 0 Å². The molecule has 2 heterocycles. The Bertz CT molecular complexity index is 1120. The fourth-order valence-corrected chi connectivity index (χ4v) is 4.89. The number of amides is 1. The number of rotatable bonds is 8. The van der Waals surface area contributed by atoms with E-state index in [0.717, 1.165) is 49.9 Å². The summed E-state index contributed by atoms with van der Waals surface area (Å²) in [6, 6.07) is 8.29. The van der Waals surface area contributed by atoms with Crippen LogP contribution in [0.1, 0.15) is 73.4 Å². The number of hydrogen-bond donors (Lipinski definition) is 3. The first-order chi connectivity index (χ1) is 16.9. The second-order valence-electron chi connectivity index (χ2n) is 10.2. The summed E-state index contributed by atoms with van der Waals surface area (Å²) in [6.07, 6.45) is 8.46. The van der Waals surface area contributed by atoms with E-state index in [1.807, 2.05) is 12.1 Å². The molecule has 186 valence electrons. The van der Waals surface area contributed by atoms with Crippen molar-refractivity contribution in [2.75, 3.05) is 38.8 Å². The summed E-state index contributed by atoms with van der Waals surface area (Å²) in [5.74, 6) is -0.242. The fourth-order valence-electron chi connectivity index (χ4n) is 4.89. The molecule has 1 aromatic carbocycles. The largest absolute Gasteiger partial charge is 0.383 e. The molecule has 0 bridgehead atoms. The zero-order chi connectivity index (χ0) is 24.9. The molecule has 1 amide bonds. The van der Waals surface area contributed by atoms with Crippen molar-refractivity contribution >= 4 is 17.2 Å². The predicted molar refractivity (Wildman–Crippen MR) is 135 cm³/mol. The first-order valence-electron chi connectivity index (χ1n) is 12.3. The third-order valence-electron chi connectivity index (χ3n) is 7.17. The highest BCUT2D eigenvalue weighted by Gasteiger charge is 2.35. The van der Waals surface area contributed by atoms with Gasteiger partial charge < -0.3 is 25.1 Å². The molecule has 2 aliphatic rings. The van der Waals surface area contributed by atoms with Crippen LogP contribution in [0.4, 0.5) is 5.69 Å². The molecule has 8 nitrogen and oxygen atoms in total. The minimum Gasteiger partial charge on any atom is -0.383 e. The second-order valence-corrected chi connectivity index (χ2v) is 10.2. The topological polar surface area (TPSA) is 112 Å². The number of anilines is 1. The van der Waals surface area contributed by atoms with Crippen molar-refractivity contribution < 1.29 is 14.3 Å². The summed E-state index contributed by atoms with van der Waals surface area (Å²) in [7, 11) is 1.71. The Morgan fingerprint density at radius 3 is 2.74 bits per heavy atom. The number of carbonyl (C=O) groups is 1. The lowest BCUT2D eigenvalue weighted by Gasteiger charge is -2.39. The Morgan fingerprint density at radius 1 is 1.29 bits per heavy atom. The van der Waals surface area contributed by atoms with E-state index in [-0.39, 0.29) is 28.4 Å². The molecule has 0 saturated carbocycles. The maximum atomic E-state index is 12.9. The van der Waals surface area contributed by atoms with Crippen LogP contribution in [0.3, 0.4) is 0 Å². The summed E-state index contributed by atoms with van der Waals surface area (Å²) >= 11 is 0. The first kappa shape index (κ1) is 25.1. The zero-order valence-electron chi connectivity index (χ0n) is 20.9. The second kappa shape index (κ2) is 10.7. The van der Waals surface area contributed by atoms with Crippen LogP contribution in [-0.4, -0.2) is 49.4 Å². The van der Waals surface area contributed by atoms with Crippen molar-refractivity contribution in [2.45, 2.75) is 51.5 Å². The van der Waals surface area contributed by atoms with Gasteiger partial charge in [0.25, 0.3) is 5.91 Å². The number of nitrogens with one attached hydrogen (secondary N) is 3. The van der Waals surface area contributed by atoms with E-state index in [1.54, 1.807) is 7.11 Å². The zero-order valence-corrected chi connectivity index (χ0v) is 20.9. The van der Waals surface area contributed by atoms with E-state index in [1.165, 1.54) is 17.3 Å². The molecule has 1 aromatic heterocycles. The van der Waals surface area contributed by atoms with Gasteiger partial charge in [-0.05, 0) is 60.8 Å². The summed E-state index contributed by atoms with van der Waals surface area (Å²) < 4.78 is 11.0. The molecule has 4 rings (SSSR count). The lowest BCUT2D eigenvalue weighted by molar-refractivity contribution is 0.0336. The Hall–Kier alpha value is -2.99. The summed E-state index contributed by atoms with van der Waals surface area (Å²) in [5.41, 5.74) is 4.56. The summed E-state index contributed by atoms with van der Waals surface area (Å²) in [5, 5.41) is 15.8. The van der Waals surface area contributed by atoms with Crippen molar-refractivity contribution in [3.63, 3.8) is 0 Å². The Labute approximate surface area is 207 Å². The number of benzene rings is 1. The summed E-state index contributed by atoms with van der Waals surface area (Å²) in [4.78, 5) is 19.7. The van der Waals surface area contributed by atoms with Crippen LogP contribution < -0.4 is 10.6 Å². The van der Waals surface area contributed by atoms with E-state index in [9.17, 15) is 4.79 Å². The van der Waals surface area contributed by atoms with Crippen molar-refractivity contribution in [1.29, 1.82) is 5.26 Å². The van der Waals surface area contributed by atoms with Crippen LogP contribution >= 0.6 is 0 Å². The SMILES string of the molecule is COCCNC1(c2ccc(NC(=O)c3ncc(C#N)[nH]3)c(C3=CCC(C)(C)CC3)c2)CCOCC1. The number of ether oxygens (including phenoxy) is 2. The van der Waals surface area contributed by atoms with E-state index < -0.39 is 0 Å². The standard InChI is InChI=1S/C27H35N5O3/c1-26(2)8-6-19(7-9-26)22-16-20(27(30-12-15-34-3)10-13-35-14-11-27)4-5-23(22)32-25(33)24-29-18-21(17-28)31-24/h4-6,16,18,30H,7-15H2,1-3H3,(H,29,31)(H,32,33). The molecule has 8 heteroatoms. The van der Waals surface area contributed by atoms with Crippen LogP contribution in [0, 0.1) is 16.7 Å². The normalized spacial score (nSPS) is 19.0. The average Bonchev–Trinajstić information content (AvgIpc) is 3.35. The minimum atomic E-state index is -0.365. The highest BCUT2D eigenvalue weighted by Crippen LogP contribution is 2.42. The van der Waals surface area contributed by atoms with Crippen LogP contribution in [-0.2, 0) is 15.0 Å². The van der Waals surface area contributed by atoms with Gasteiger partial charge in [-0.1, -0.05) is 26.0 Å². The number of aromatic amines is 1. The lowest BCUT2D eigenvalue weighted by Crippen LogP contribution is -2.48. The lowest BCUT2D eigenvalue weighted by atomic mass is 9.75. The highest BCUT2D eigenvalue weighted by atomic mass is 16.5. The highest BCUT2D eigenvalue weighted by molar-refractivity contribution is 6.03. The Kier molecular flexibility index (Phi) is 7.70. The molecular formula is C27H35N5O3. The van der Waals surface area contributed by atoms with Gasteiger partial charge in [-0.25, -0.2) is 4.98 Å². The molecule has 1 aliphatic heterocycles. The maximum absolute atomic E-state index is 12.9. The quantitative estimate of drug-likeness (QED) is 0.487. The van der Waals surface area contributed by atoms with Gasteiger partial charge >= 0.3 is 0 Å². The molecule has 0 unspecified atom stereocenters. The van der Waals surface area contributed by atoms with E-state index in [0.29, 0.717) is 19.8 Å². The molecule has 35 heavy (non-hydrogen) atoms. The number of nitrogens with zero attached hydrogens (tertiary/aromatic N) is 2. The van der Waals surface area contributed by atoms with Gasteiger partial charge in [0.2, 0.25) is 0 Å². The first-order valence-corrected chi connectivity index (χ1v) is 12.3. The third kappa shape index (κ3) is 5.81. The molecule has 0 radical (unpaired) electrons. The number of carbonyl (C=O) groups excluding carboxylic acids is 1. The number of nitriles is 1. The van der Waals surface area contributed by atoms with Crippen molar-refractivity contribution in [2.24, 2.45) is 5.41 Å². The molecular weight excluding hydrogens is 442 g/mol. The van der Waals surface area contributed by atoms with Gasteiger partial charge in [-0.15, -0.1) is 0 Å². The van der Waals surface area contributed by atoms with E-state index >= 15 is 0 Å². The van der Waals surface area contributed by atoms with Crippen molar-refractivity contribution in [1.82, 2.24) is 15.3 Å². The van der Waals surface area contributed by atoms with Crippen LogP contribution in [0.25, 0.3) is 5.57 Å². The molecule has 1 saturated heterocycles. The number of H-pyrrole nitrogens is 1. The van der Waals surface area contributed by atoms with Crippen molar-refractivity contribution in [3.8, 4) is 6.07 Å². The molecule has 1 fully saturated rings. The van der Waals surface area contributed by atoms with Crippen LogP contribution in [0.15, 0.2) is 30.5 Å².